The maximum absolute atomic E-state index is 6.76. The number of nitrogens with two attached hydrogens (primary N) is 1. The first-order chi connectivity index (χ1) is 14.4. The monoisotopic (exact) mass is 401 g/mol. The predicted octanol–water partition coefficient (Wildman–Crippen LogP) is 5.03. The number of benzene rings is 2. The molecule has 4 heteroatoms. The Morgan fingerprint density at radius 1 is 1.20 bits per heavy atom. The zero-order valence-electron chi connectivity index (χ0n) is 18.4. The molecule has 5 rings (SSSR count). The van der Waals surface area contributed by atoms with Gasteiger partial charge >= 0.3 is 0 Å². The Morgan fingerprint density at radius 2 is 2.00 bits per heavy atom. The van der Waals surface area contributed by atoms with Crippen molar-refractivity contribution in [1.29, 1.82) is 0 Å². The van der Waals surface area contributed by atoms with Gasteiger partial charge in [0, 0.05) is 47.9 Å². The van der Waals surface area contributed by atoms with Gasteiger partial charge in [0.05, 0.1) is 6.04 Å². The maximum Gasteiger partial charge on any atom is 0.138 e. The molecule has 4 nitrogen and oxygen atoms in total. The van der Waals surface area contributed by atoms with E-state index >= 15 is 0 Å². The third-order valence-electron chi connectivity index (χ3n) is 7.10. The molecule has 0 bridgehead atoms. The van der Waals surface area contributed by atoms with E-state index in [1.807, 2.05) is 0 Å². The molecule has 30 heavy (non-hydrogen) atoms. The Balaban J connectivity index is 1.35. The highest BCUT2D eigenvalue weighted by atomic mass is 16.5. The van der Waals surface area contributed by atoms with E-state index < -0.39 is 5.60 Å². The summed E-state index contributed by atoms with van der Waals surface area (Å²) >= 11 is 0. The lowest BCUT2D eigenvalue weighted by atomic mass is 9.88. The van der Waals surface area contributed by atoms with E-state index in [1.165, 1.54) is 44.3 Å². The number of aromatic amines is 1. The van der Waals surface area contributed by atoms with Gasteiger partial charge in [0.15, 0.2) is 0 Å². The number of aryl methyl sites for hydroxylation is 2. The highest BCUT2D eigenvalue weighted by Crippen LogP contribution is 2.47. The second kappa shape index (κ2) is 7.00. The van der Waals surface area contributed by atoms with Crippen LogP contribution < -0.4 is 10.5 Å². The molecule has 3 N–H and O–H groups in total. The van der Waals surface area contributed by atoms with Gasteiger partial charge in [-0.2, -0.15) is 0 Å². The lowest BCUT2D eigenvalue weighted by molar-refractivity contribution is 0.0464. The minimum atomic E-state index is -0.405. The number of rotatable bonds is 3. The van der Waals surface area contributed by atoms with Gasteiger partial charge < -0.3 is 15.5 Å². The number of ether oxygens (including phenoxy) is 1. The van der Waals surface area contributed by atoms with Crippen LogP contribution in [-0.2, 0) is 0 Å². The first-order valence-corrected chi connectivity index (χ1v) is 10.9. The molecule has 3 aromatic rings. The van der Waals surface area contributed by atoms with E-state index in [1.54, 1.807) is 0 Å². The van der Waals surface area contributed by atoms with Crippen molar-refractivity contribution >= 4 is 16.5 Å². The number of hydrogen-bond acceptors (Lipinski definition) is 3. The SMILES string of the molecule is Cc1cc(C)c2c(c1C)OC(C)(CN1CC=C(c3c[nH]c4ccccc34)CC1)C2N. The highest BCUT2D eigenvalue weighted by molar-refractivity contribution is 5.92. The molecule has 0 radical (unpaired) electrons. The summed E-state index contributed by atoms with van der Waals surface area (Å²) in [6.07, 6.45) is 5.56. The van der Waals surface area contributed by atoms with Crippen molar-refractivity contribution in [2.45, 2.75) is 45.8 Å². The average molecular weight is 402 g/mol. The summed E-state index contributed by atoms with van der Waals surface area (Å²) in [5.41, 5.74) is 15.2. The number of H-pyrrole nitrogens is 1. The standard InChI is InChI=1S/C26H31N3O/c1-16-13-17(2)23-24(18(16)3)30-26(4,25(23)27)15-29-11-9-19(10-12-29)21-14-28-22-8-6-5-7-20(21)22/h5-9,13-14,25,28H,10-12,15,27H2,1-4H3. The van der Waals surface area contributed by atoms with Crippen LogP contribution in [0.4, 0.5) is 0 Å². The third-order valence-corrected chi connectivity index (χ3v) is 7.10. The number of aromatic nitrogens is 1. The van der Waals surface area contributed by atoms with Crippen LogP contribution in [0.25, 0.3) is 16.5 Å². The molecule has 2 atom stereocenters. The molecule has 0 saturated carbocycles. The number of hydrogen-bond donors (Lipinski definition) is 2. The van der Waals surface area contributed by atoms with Gasteiger partial charge in [-0.3, -0.25) is 4.90 Å². The van der Waals surface area contributed by atoms with Crippen LogP contribution in [0, 0.1) is 20.8 Å². The minimum absolute atomic E-state index is 0.106. The van der Waals surface area contributed by atoms with Gasteiger partial charge in [0.2, 0.25) is 0 Å². The smallest absolute Gasteiger partial charge is 0.138 e. The normalized spacial score (nSPS) is 24.0. The predicted molar refractivity (Wildman–Crippen MR) is 124 cm³/mol. The minimum Gasteiger partial charge on any atom is -0.484 e. The van der Waals surface area contributed by atoms with Crippen molar-refractivity contribution in [2.75, 3.05) is 19.6 Å². The number of para-hydroxylation sites is 1. The largest absolute Gasteiger partial charge is 0.484 e. The molecule has 156 valence electrons. The van der Waals surface area contributed by atoms with E-state index in [0.29, 0.717) is 0 Å². The van der Waals surface area contributed by atoms with Crippen molar-refractivity contribution in [1.82, 2.24) is 9.88 Å². The molecule has 0 saturated heterocycles. The summed E-state index contributed by atoms with van der Waals surface area (Å²) in [7, 11) is 0. The second-order valence-corrected chi connectivity index (χ2v) is 9.23. The van der Waals surface area contributed by atoms with Crippen LogP contribution >= 0.6 is 0 Å². The fourth-order valence-electron chi connectivity index (χ4n) is 5.20. The van der Waals surface area contributed by atoms with Crippen molar-refractivity contribution in [3.05, 3.63) is 70.4 Å². The molecule has 1 aromatic heterocycles. The first kappa shape index (κ1) is 19.4. The Kier molecular flexibility index (Phi) is 4.53. The van der Waals surface area contributed by atoms with Crippen molar-refractivity contribution in [3.8, 4) is 5.75 Å². The summed E-state index contributed by atoms with van der Waals surface area (Å²) in [4.78, 5) is 5.88. The molecule has 2 unspecified atom stereocenters. The van der Waals surface area contributed by atoms with Crippen LogP contribution in [0.2, 0.25) is 0 Å². The topological polar surface area (TPSA) is 54.3 Å². The Hall–Kier alpha value is -2.56. The molecule has 2 aromatic carbocycles. The quantitative estimate of drug-likeness (QED) is 0.647. The van der Waals surface area contributed by atoms with Crippen LogP contribution in [0.5, 0.6) is 5.75 Å². The van der Waals surface area contributed by atoms with E-state index in [0.717, 1.165) is 31.8 Å². The van der Waals surface area contributed by atoms with Gasteiger partial charge in [-0.25, -0.2) is 0 Å². The molecule has 3 heterocycles. The second-order valence-electron chi connectivity index (χ2n) is 9.23. The van der Waals surface area contributed by atoms with E-state index in [2.05, 4.69) is 80.2 Å². The van der Waals surface area contributed by atoms with Crippen LogP contribution in [0.3, 0.4) is 0 Å². The lowest BCUT2D eigenvalue weighted by Crippen LogP contribution is -2.50. The molecular weight excluding hydrogens is 370 g/mol. The highest BCUT2D eigenvalue weighted by Gasteiger charge is 2.45. The van der Waals surface area contributed by atoms with Gasteiger partial charge in [0.25, 0.3) is 0 Å². The summed E-state index contributed by atoms with van der Waals surface area (Å²) in [5.74, 6) is 1.01. The molecule has 0 fully saturated rings. The van der Waals surface area contributed by atoms with Crippen LogP contribution in [0.1, 0.15) is 47.2 Å². The number of nitrogens with one attached hydrogen (secondary N) is 1. The summed E-state index contributed by atoms with van der Waals surface area (Å²) in [5, 5.41) is 1.31. The Labute approximate surface area is 178 Å². The first-order valence-electron chi connectivity index (χ1n) is 10.9. The van der Waals surface area contributed by atoms with Crippen molar-refractivity contribution in [2.24, 2.45) is 5.73 Å². The molecule has 0 aliphatic carbocycles. The Bertz CT molecular complexity index is 1160. The fraction of sp³-hybridized carbons (Fsp3) is 0.385. The molecule has 0 amide bonds. The lowest BCUT2D eigenvalue weighted by Gasteiger charge is -2.36. The molecule has 2 aliphatic heterocycles. The van der Waals surface area contributed by atoms with Crippen LogP contribution in [-0.4, -0.2) is 35.1 Å². The molecule has 2 aliphatic rings. The van der Waals surface area contributed by atoms with E-state index in [9.17, 15) is 0 Å². The molecular formula is C26H31N3O. The van der Waals surface area contributed by atoms with Gasteiger partial charge in [0.1, 0.15) is 11.4 Å². The maximum atomic E-state index is 6.76. The molecule has 0 spiro atoms. The number of fused-ring (bicyclic) bond motifs is 2. The van der Waals surface area contributed by atoms with Gasteiger partial charge in [-0.05, 0) is 62.4 Å². The van der Waals surface area contributed by atoms with Crippen LogP contribution in [0.15, 0.2) is 42.6 Å². The summed E-state index contributed by atoms with van der Waals surface area (Å²) in [6, 6.07) is 10.7. The van der Waals surface area contributed by atoms with Crippen molar-refractivity contribution < 1.29 is 4.74 Å². The average Bonchev–Trinajstić information content (AvgIpc) is 3.27. The fourth-order valence-corrected chi connectivity index (χ4v) is 5.20. The Morgan fingerprint density at radius 3 is 2.77 bits per heavy atom. The number of nitrogens with zero attached hydrogens (tertiary/aromatic N) is 1. The summed E-state index contributed by atoms with van der Waals surface area (Å²) in [6.45, 7) is 11.4. The summed E-state index contributed by atoms with van der Waals surface area (Å²) < 4.78 is 6.57. The van der Waals surface area contributed by atoms with Gasteiger partial charge in [-0.1, -0.05) is 30.3 Å². The van der Waals surface area contributed by atoms with E-state index in [4.69, 9.17) is 10.5 Å². The van der Waals surface area contributed by atoms with Crippen molar-refractivity contribution in [3.63, 3.8) is 0 Å². The zero-order valence-corrected chi connectivity index (χ0v) is 18.4. The van der Waals surface area contributed by atoms with E-state index in [-0.39, 0.29) is 6.04 Å². The zero-order chi connectivity index (χ0) is 21.0. The third kappa shape index (κ3) is 2.98. The van der Waals surface area contributed by atoms with Gasteiger partial charge in [-0.15, -0.1) is 0 Å².